The molecule has 4 N–H and O–H groups in total. The summed E-state index contributed by atoms with van der Waals surface area (Å²) in [6.45, 7) is 3.72. The minimum absolute atomic E-state index is 0.155. The van der Waals surface area contributed by atoms with Crippen molar-refractivity contribution in [3.63, 3.8) is 0 Å². The van der Waals surface area contributed by atoms with E-state index in [1.165, 1.54) is 83.5 Å². The lowest BCUT2D eigenvalue weighted by molar-refractivity contribution is -0.297. The number of esters is 2. The molecule has 0 spiro atoms. The molecule has 372 valence electrons. The van der Waals surface area contributed by atoms with Crippen molar-refractivity contribution in [3.8, 4) is 0 Å². The fraction of sp³-hybridized carbons (Fsp3) is 0.804. The molecule has 0 bridgehead atoms. The maximum absolute atomic E-state index is 12.9. The van der Waals surface area contributed by atoms with E-state index in [9.17, 15) is 37.9 Å². The van der Waals surface area contributed by atoms with Crippen molar-refractivity contribution in [2.24, 2.45) is 0 Å². The summed E-state index contributed by atoms with van der Waals surface area (Å²) in [6.07, 6.45) is 40.0. The highest BCUT2D eigenvalue weighted by Crippen LogP contribution is 2.24. The Kier molecular flexibility index (Phi) is 38.1. The van der Waals surface area contributed by atoms with Gasteiger partial charge in [0.15, 0.2) is 12.4 Å². The molecule has 0 saturated carbocycles. The van der Waals surface area contributed by atoms with Crippen LogP contribution in [-0.4, -0.2) is 96.0 Å². The summed E-state index contributed by atoms with van der Waals surface area (Å²) in [4.78, 5) is 25.5. The molecule has 0 aromatic heterocycles. The van der Waals surface area contributed by atoms with Gasteiger partial charge in [-0.2, -0.15) is 8.42 Å². The van der Waals surface area contributed by atoms with Crippen LogP contribution in [0.1, 0.15) is 206 Å². The number of aliphatic hydroxyl groups is 3. The summed E-state index contributed by atoms with van der Waals surface area (Å²) in [6, 6.07) is 0. The zero-order valence-electron chi connectivity index (χ0n) is 39.9. The lowest BCUT2D eigenvalue weighted by atomic mass is 10.00. The molecule has 6 atom stereocenters. The molecule has 0 aromatic carbocycles. The second kappa shape index (κ2) is 40.8. The van der Waals surface area contributed by atoms with Gasteiger partial charge in [0.25, 0.3) is 10.1 Å². The Morgan fingerprint density at radius 1 is 0.531 bits per heavy atom. The minimum Gasteiger partial charge on any atom is -0.462 e. The first-order valence-corrected chi connectivity index (χ1v) is 26.8. The van der Waals surface area contributed by atoms with Crippen molar-refractivity contribution >= 4 is 22.1 Å². The Morgan fingerprint density at radius 3 is 1.41 bits per heavy atom. The van der Waals surface area contributed by atoms with E-state index in [0.29, 0.717) is 12.8 Å². The fourth-order valence-corrected chi connectivity index (χ4v) is 8.13. The minimum atomic E-state index is -4.61. The van der Waals surface area contributed by atoms with E-state index in [4.69, 9.17) is 18.9 Å². The number of rotatable bonds is 42. The normalized spacial score (nSPS) is 20.0. The van der Waals surface area contributed by atoms with Crippen LogP contribution < -0.4 is 0 Å². The molecule has 1 aliphatic heterocycles. The average molecular weight is 927 g/mol. The van der Waals surface area contributed by atoms with Gasteiger partial charge in [0.2, 0.25) is 0 Å². The molecule has 1 rings (SSSR count). The van der Waals surface area contributed by atoms with Crippen LogP contribution in [0.4, 0.5) is 0 Å². The van der Waals surface area contributed by atoms with Gasteiger partial charge in [0.1, 0.15) is 36.8 Å². The highest BCUT2D eigenvalue weighted by Gasteiger charge is 2.46. The molecule has 1 saturated heterocycles. The lowest BCUT2D eigenvalue weighted by Gasteiger charge is -2.40. The second-order valence-corrected chi connectivity index (χ2v) is 19.0. The van der Waals surface area contributed by atoms with Crippen molar-refractivity contribution < 1.29 is 56.8 Å². The van der Waals surface area contributed by atoms with E-state index in [1.807, 2.05) is 0 Å². The predicted molar refractivity (Wildman–Crippen MR) is 256 cm³/mol. The molecule has 1 aliphatic rings. The van der Waals surface area contributed by atoms with Crippen LogP contribution in [0.5, 0.6) is 0 Å². The Morgan fingerprint density at radius 2 is 0.938 bits per heavy atom. The highest BCUT2D eigenvalue weighted by atomic mass is 32.2. The van der Waals surface area contributed by atoms with E-state index in [0.717, 1.165) is 83.5 Å². The highest BCUT2D eigenvalue weighted by molar-refractivity contribution is 7.85. The average Bonchev–Trinajstić information content (AvgIpc) is 3.26. The number of carbonyl (C=O) groups is 2. The third kappa shape index (κ3) is 34.9. The van der Waals surface area contributed by atoms with Gasteiger partial charge < -0.3 is 34.3 Å². The van der Waals surface area contributed by atoms with Gasteiger partial charge in [0.05, 0.1) is 6.61 Å². The van der Waals surface area contributed by atoms with Crippen LogP contribution in [0.25, 0.3) is 0 Å². The number of aliphatic hydroxyl groups excluding tert-OH is 3. The molecule has 12 nitrogen and oxygen atoms in total. The molecule has 0 aliphatic carbocycles. The van der Waals surface area contributed by atoms with Crippen LogP contribution in [0.3, 0.4) is 0 Å². The Balaban J connectivity index is 2.39. The van der Waals surface area contributed by atoms with Gasteiger partial charge in [0, 0.05) is 12.8 Å². The maximum atomic E-state index is 12.9. The summed E-state index contributed by atoms with van der Waals surface area (Å²) in [5.41, 5.74) is 0. The van der Waals surface area contributed by atoms with Crippen LogP contribution in [0, 0.1) is 0 Å². The molecule has 0 amide bonds. The molecular weight excluding hydrogens is 837 g/mol. The van der Waals surface area contributed by atoms with Gasteiger partial charge in [-0.05, 0) is 77.0 Å². The smallest absolute Gasteiger partial charge is 0.306 e. The Hall–Kier alpha value is -2.39. The molecule has 0 aromatic rings. The largest absolute Gasteiger partial charge is 0.462 e. The molecule has 0 radical (unpaired) electrons. The van der Waals surface area contributed by atoms with Gasteiger partial charge in [-0.15, -0.1) is 0 Å². The van der Waals surface area contributed by atoms with Gasteiger partial charge in [-0.3, -0.25) is 14.1 Å². The number of carbonyl (C=O) groups excluding carboxylic acids is 2. The number of hydrogen-bond donors (Lipinski definition) is 4. The zero-order valence-corrected chi connectivity index (χ0v) is 40.7. The van der Waals surface area contributed by atoms with Crippen LogP contribution in [0.2, 0.25) is 0 Å². The van der Waals surface area contributed by atoms with E-state index >= 15 is 0 Å². The number of ether oxygens (including phenoxy) is 4. The second-order valence-electron chi connectivity index (χ2n) is 17.5. The van der Waals surface area contributed by atoms with Crippen molar-refractivity contribution in [3.05, 3.63) is 48.6 Å². The summed E-state index contributed by atoms with van der Waals surface area (Å²) in [7, 11) is -4.61. The molecule has 1 fully saturated rings. The van der Waals surface area contributed by atoms with E-state index in [1.54, 1.807) is 0 Å². The first-order chi connectivity index (χ1) is 31.0. The summed E-state index contributed by atoms with van der Waals surface area (Å²) < 4.78 is 54.2. The number of allylic oxidation sites excluding steroid dienone is 8. The lowest BCUT2D eigenvalue weighted by Crippen LogP contribution is -2.60. The first kappa shape index (κ1) is 59.6. The van der Waals surface area contributed by atoms with Gasteiger partial charge >= 0.3 is 11.9 Å². The quantitative estimate of drug-likeness (QED) is 0.0197. The van der Waals surface area contributed by atoms with Crippen LogP contribution in [-0.2, 0) is 38.7 Å². The Bertz CT molecular complexity index is 1360. The van der Waals surface area contributed by atoms with E-state index in [-0.39, 0.29) is 19.4 Å². The topological polar surface area (TPSA) is 186 Å². The predicted octanol–water partition coefficient (Wildman–Crippen LogP) is 11.1. The SMILES string of the molecule is CCCCC/C=C\C/C=C\CCCCCCCC(=O)OCC(COC1OC(CS(=O)(=O)O)C(O)C(O)C1O)OC(=O)CCCCCCCCCCC/C=C\C/C=C\CCCCCCC. The fourth-order valence-electron chi connectivity index (χ4n) is 7.44. The molecule has 64 heavy (non-hydrogen) atoms. The third-order valence-corrected chi connectivity index (χ3v) is 12.1. The molecule has 13 heteroatoms. The van der Waals surface area contributed by atoms with Crippen molar-refractivity contribution in [1.82, 2.24) is 0 Å². The van der Waals surface area contributed by atoms with E-state index in [2.05, 4.69) is 62.5 Å². The number of unbranched alkanes of at least 4 members (excludes halogenated alkanes) is 22. The summed E-state index contributed by atoms with van der Waals surface area (Å²) in [5, 5.41) is 31.0. The third-order valence-electron chi connectivity index (χ3n) is 11.4. The molecular formula is C51H90O12S. The first-order valence-electron chi connectivity index (χ1n) is 25.2. The van der Waals surface area contributed by atoms with Crippen molar-refractivity contribution in [1.29, 1.82) is 0 Å². The standard InChI is InChI=1S/C51H90O12S/c1-3-5-7-9-11-13-15-17-19-20-21-22-23-24-26-28-30-32-34-36-38-40-47(53)62-44(42-61-51-50(56)49(55)48(54)45(63-51)43-64(57,58)59)41-60-46(52)39-37-35-33-31-29-27-25-18-16-14-12-10-8-6-4-2/h12,14-15,17-18,20-21,25,44-45,48-51,54-56H,3-11,13,16,19,22-24,26-43H2,1-2H3,(H,57,58,59)/b14-12-,17-15-,21-20-,25-18-. The van der Waals surface area contributed by atoms with Crippen molar-refractivity contribution in [2.75, 3.05) is 19.0 Å². The number of hydrogen-bond acceptors (Lipinski definition) is 11. The monoisotopic (exact) mass is 927 g/mol. The van der Waals surface area contributed by atoms with Crippen molar-refractivity contribution in [2.45, 2.75) is 243 Å². The summed E-state index contributed by atoms with van der Waals surface area (Å²) >= 11 is 0. The maximum Gasteiger partial charge on any atom is 0.306 e. The van der Waals surface area contributed by atoms with Gasteiger partial charge in [-0.25, -0.2) is 0 Å². The zero-order chi connectivity index (χ0) is 46.9. The van der Waals surface area contributed by atoms with Crippen LogP contribution in [0.15, 0.2) is 48.6 Å². The Labute approximate surface area is 388 Å². The molecule has 6 unspecified atom stereocenters. The van der Waals surface area contributed by atoms with E-state index < -0.39 is 71.2 Å². The van der Waals surface area contributed by atoms with Gasteiger partial charge in [-0.1, -0.05) is 165 Å². The summed E-state index contributed by atoms with van der Waals surface area (Å²) in [5.74, 6) is -2.00. The molecule has 1 heterocycles. The van der Waals surface area contributed by atoms with Crippen LogP contribution >= 0.6 is 0 Å².